The van der Waals surface area contributed by atoms with Gasteiger partial charge in [0.2, 0.25) is 0 Å². The van der Waals surface area contributed by atoms with E-state index in [1.807, 2.05) is 4.90 Å². The van der Waals surface area contributed by atoms with Gasteiger partial charge in [-0.3, -0.25) is 4.99 Å². The molecule has 2 atom stereocenters. The van der Waals surface area contributed by atoms with E-state index in [0.29, 0.717) is 12.6 Å². The van der Waals surface area contributed by atoms with E-state index in [9.17, 15) is 13.2 Å². The minimum absolute atomic E-state index is 0.0801. The second kappa shape index (κ2) is 7.04. The van der Waals surface area contributed by atoms with Crippen molar-refractivity contribution in [3.8, 4) is 0 Å². The molecule has 0 aliphatic carbocycles. The maximum absolute atomic E-state index is 12.4. The van der Waals surface area contributed by atoms with Gasteiger partial charge in [0, 0.05) is 32.2 Å². The van der Waals surface area contributed by atoms with Crippen molar-refractivity contribution in [2.75, 3.05) is 39.9 Å². The molecular weight excluding hydrogens is 299 g/mol. The molecule has 128 valence electrons. The van der Waals surface area contributed by atoms with Gasteiger partial charge in [-0.25, -0.2) is 0 Å². The van der Waals surface area contributed by atoms with Crippen molar-refractivity contribution >= 4 is 5.96 Å². The zero-order chi connectivity index (χ0) is 16.2. The molecule has 8 heteroatoms. The predicted octanol–water partition coefficient (Wildman–Crippen LogP) is 1.38. The number of aliphatic imine (C=N–C) groups is 1. The summed E-state index contributed by atoms with van der Waals surface area (Å²) in [5.41, 5.74) is 0.0801. The van der Waals surface area contributed by atoms with Crippen molar-refractivity contribution in [3.63, 3.8) is 0 Å². The molecule has 0 saturated carbocycles. The lowest BCUT2D eigenvalue weighted by Crippen LogP contribution is -2.54. The molecule has 0 radical (unpaired) electrons. The summed E-state index contributed by atoms with van der Waals surface area (Å²) in [5, 5.41) is 11.7. The van der Waals surface area contributed by atoms with Crippen molar-refractivity contribution < 1.29 is 23.0 Å². The van der Waals surface area contributed by atoms with Gasteiger partial charge in [0.25, 0.3) is 0 Å². The highest BCUT2D eigenvalue weighted by Gasteiger charge is 2.40. The van der Waals surface area contributed by atoms with Crippen molar-refractivity contribution in [1.82, 2.24) is 10.2 Å². The van der Waals surface area contributed by atoms with E-state index < -0.39 is 18.8 Å². The van der Waals surface area contributed by atoms with Crippen LogP contribution in [0.3, 0.4) is 0 Å². The summed E-state index contributed by atoms with van der Waals surface area (Å²) >= 11 is 0. The number of rotatable bonds is 2. The average Bonchev–Trinajstić information content (AvgIpc) is 2.47. The van der Waals surface area contributed by atoms with E-state index in [0.717, 1.165) is 45.4 Å². The summed E-state index contributed by atoms with van der Waals surface area (Å²) in [6.07, 6.45) is -2.87. The first-order valence-corrected chi connectivity index (χ1v) is 7.64. The first-order valence-electron chi connectivity index (χ1n) is 7.64. The Balaban J connectivity index is 1.93. The number of guanidine groups is 1. The lowest BCUT2D eigenvalue weighted by atomic mass is 9.76. The molecule has 0 aromatic carbocycles. The molecular formula is C14H24F3N3O2. The molecule has 0 bridgehead atoms. The molecule has 2 rings (SSSR count). The van der Waals surface area contributed by atoms with E-state index in [1.54, 1.807) is 7.05 Å². The Hall–Kier alpha value is -1.02. The van der Waals surface area contributed by atoms with Gasteiger partial charge >= 0.3 is 6.18 Å². The largest absolute Gasteiger partial charge is 0.416 e. The molecule has 2 N–H and O–H groups in total. The molecule has 2 saturated heterocycles. The third-order valence-corrected chi connectivity index (χ3v) is 4.41. The minimum Gasteiger partial charge on any atom is -0.382 e. The number of aliphatic hydroxyl groups excluding tert-OH is 1. The molecule has 22 heavy (non-hydrogen) atoms. The highest BCUT2D eigenvalue weighted by Crippen LogP contribution is 2.37. The monoisotopic (exact) mass is 323 g/mol. The van der Waals surface area contributed by atoms with E-state index in [4.69, 9.17) is 9.84 Å². The summed E-state index contributed by atoms with van der Waals surface area (Å²) in [6, 6.07) is 0. The molecule has 2 aliphatic heterocycles. The van der Waals surface area contributed by atoms with Crippen LogP contribution in [0.4, 0.5) is 13.2 Å². The number of piperidine rings is 1. The van der Waals surface area contributed by atoms with E-state index >= 15 is 0 Å². The highest BCUT2D eigenvalue weighted by atomic mass is 19.4. The van der Waals surface area contributed by atoms with Crippen LogP contribution in [0, 0.1) is 5.41 Å². The number of halogens is 3. The van der Waals surface area contributed by atoms with Gasteiger partial charge in [-0.05, 0) is 25.7 Å². The quantitative estimate of drug-likeness (QED) is 0.595. The van der Waals surface area contributed by atoms with Crippen LogP contribution in [0.15, 0.2) is 4.99 Å². The standard InChI is InChI=1S/C14H24F3N3O2/c1-18-12(19-8-11(21)14(15,16)17)20-6-2-4-13(9-20)5-3-7-22-10-13/h11,21H,2-10H2,1H3,(H,18,19). The van der Waals surface area contributed by atoms with E-state index in [-0.39, 0.29) is 5.41 Å². The summed E-state index contributed by atoms with van der Waals surface area (Å²) in [6.45, 7) is 2.38. The molecule has 2 fully saturated rings. The number of hydrogen-bond donors (Lipinski definition) is 2. The van der Waals surface area contributed by atoms with Crippen LogP contribution < -0.4 is 5.32 Å². The van der Waals surface area contributed by atoms with Gasteiger partial charge in [-0.15, -0.1) is 0 Å². The number of alkyl halides is 3. The third kappa shape index (κ3) is 4.25. The van der Waals surface area contributed by atoms with Crippen LogP contribution in [-0.2, 0) is 4.74 Å². The van der Waals surface area contributed by atoms with Crippen molar-refractivity contribution in [2.45, 2.75) is 38.0 Å². The Labute approximate surface area is 128 Å². The highest BCUT2D eigenvalue weighted by molar-refractivity contribution is 5.80. The number of likely N-dealkylation sites (tertiary alicyclic amines) is 1. The lowest BCUT2D eigenvalue weighted by molar-refractivity contribution is -0.201. The molecule has 0 aromatic heterocycles. The topological polar surface area (TPSA) is 57.1 Å². The fourth-order valence-electron chi connectivity index (χ4n) is 3.26. The molecule has 0 aromatic rings. The average molecular weight is 323 g/mol. The van der Waals surface area contributed by atoms with Crippen LogP contribution in [0.5, 0.6) is 0 Å². The molecule has 5 nitrogen and oxygen atoms in total. The fraction of sp³-hybridized carbons (Fsp3) is 0.929. The number of ether oxygens (including phenoxy) is 1. The Kier molecular flexibility index (Phi) is 5.55. The zero-order valence-corrected chi connectivity index (χ0v) is 12.8. The van der Waals surface area contributed by atoms with Crippen molar-refractivity contribution in [3.05, 3.63) is 0 Å². The molecule has 0 amide bonds. The normalized spacial score (nSPS) is 28.8. The van der Waals surface area contributed by atoms with Gasteiger partial charge in [0.1, 0.15) is 0 Å². The molecule has 2 aliphatic rings. The second-order valence-electron chi connectivity index (χ2n) is 6.17. The lowest BCUT2D eigenvalue weighted by Gasteiger charge is -2.45. The van der Waals surface area contributed by atoms with Crippen LogP contribution in [0.25, 0.3) is 0 Å². The molecule has 1 spiro atoms. The van der Waals surface area contributed by atoms with Gasteiger partial charge in [0.05, 0.1) is 13.2 Å². The Bertz CT molecular complexity index is 390. The summed E-state index contributed by atoms with van der Waals surface area (Å²) in [5.74, 6) is 0.410. The Morgan fingerprint density at radius 1 is 1.41 bits per heavy atom. The van der Waals surface area contributed by atoms with Gasteiger partial charge in [-0.2, -0.15) is 13.2 Å². The maximum atomic E-state index is 12.4. The first kappa shape index (κ1) is 17.3. The Morgan fingerprint density at radius 2 is 2.14 bits per heavy atom. The number of nitrogens with zero attached hydrogens (tertiary/aromatic N) is 2. The van der Waals surface area contributed by atoms with Crippen LogP contribution >= 0.6 is 0 Å². The maximum Gasteiger partial charge on any atom is 0.416 e. The number of nitrogens with one attached hydrogen (secondary N) is 1. The second-order valence-corrected chi connectivity index (χ2v) is 6.17. The van der Waals surface area contributed by atoms with Crippen LogP contribution in [-0.4, -0.2) is 68.1 Å². The third-order valence-electron chi connectivity index (χ3n) is 4.41. The predicted molar refractivity (Wildman–Crippen MR) is 76.7 cm³/mol. The van der Waals surface area contributed by atoms with E-state index in [2.05, 4.69) is 10.3 Å². The minimum atomic E-state index is -4.62. The molecule has 2 heterocycles. The van der Waals surface area contributed by atoms with Crippen LogP contribution in [0.1, 0.15) is 25.7 Å². The summed E-state index contributed by atoms with van der Waals surface area (Å²) in [7, 11) is 1.54. The fourth-order valence-corrected chi connectivity index (χ4v) is 3.26. The Morgan fingerprint density at radius 3 is 2.73 bits per heavy atom. The van der Waals surface area contributed by atoms with Crippen molar-refractivity contribution in [1.29, 1.82) is 0 Å². The summed E-state index contributed by atoms with van der Waals surface area (Å²) in [4.78, 5) is 6.03. The first-order chi connectivity index (χ1) is 10.4. The zero-order valence-electron chi connectivity index (χ0n) is 12.8. The van der Waals surface area contributed by atoms with E-state index in [1.165, 1.54) is 0 Å². The molecule has 2 unspecified atom stereocenters. The van der Waals surface area contributed by atoms with Crippen LogP contribution in [0.2, 0.25) is 0 Å². The van der Waals surface area contributed by atoms with Gasteiger partial charge in [0.15, 0.2) is 12.1 Å². The number of aliphatic hydroxyl groups is 1. The van der Waals surface area contributed by atoms with Gasteiger partial charge in [-0.1, -0.05) is 0 Å². The SMILES string of the molecule is CN=C(NCC(O)C(F)(F)F)N1CCCC2(CCCOC2)C1. The van der Waals surface area contributed by atoms with Crippen molar-refractivity contribution in [2.24, 2.45) is 10.4 Å². The summed E-state index contributed by atoms with van der Waals surface area (Å²) < 4.78 is 42.7. The van der Waals surface area contributed by atoms with Gasteiger partial charge < -0.3 is 20.1 Å². The number of hydrogen-bond acceptors (Lipinski definition) is 3. The smallest absolute Gasteiger partial charge is 0.382 e.